The van der Waals surface area contributed by atoms with Crippen molar-refractivity contribution in [2.45, 2.75) is 19.8 Å². The van der Waals surface area contributed by atoms with Crippen molar-refractivity contribution in [3.05, 3.63) is 16.9 Å². The van der Waals surface area contributed by atoms with E-state index in [4.69, 9.17) is 5.73 Å². The van der Waals surface area contributed by atoms with Crippen molar-refractivity contribution in [3.63, 3.8) is 0 Å². The summed E-state index contributed by atoms with van der Waals surface area (Å²) < 4.78 is 0.870. The summed E-state index contributed by atoms with van der Waals surface area (Å²) >= 11 is 3.33. The zero-order valence-corrected chi connectivity index (χ0v) is 13.9. The Hall–Kier alpha value is -1.21. The summed E-state index contributed by atoms with van der Waals surface area (Å²) in [4.78, 5) is 24.8. The Bertz CT molecular complexity index is 459. The largest absolute Gasteiger partial charge is 0.339 e. The molecule has 0 aromatic carbocycles. The molecular formula is C14H22BrN5O. The Kier molecular flexibility index (Phi) is 5.93. The second-order valence-electron chi connectivity index (χ2n) is 5.45. The van der Waals surface area contributed by atoms with Crippen molar-refractivity contribution in [3.8, 4) is 0 Å². The van der Waals surface area contributed by atoms with Gasteiger partial charge in [0, 0.05) is 45.0 Å². The Balaban J connectivity index is 1.80. The lowest BCUT2D eigenvalue weighted by atomic mass is 10.1. The van der Waals surface area contributed by atoms with Gasteiger partial charge in [-0.2, -0.15) is 0 Å². The summed E-state index contributed by atoms with van der Waals surface area (Å²) in [7, 11) is 0. The highest BCUT2D eigenvalue weighted by atomic mass is 79.9. The minimum absolute atomic E-state index is 0.228. The first-order valence-electron chi connectivity index (χ1n) is 7.30. The van der Waals surface area contributed by atoms with Crippen molar-refractivity contribution in [2.75, 3.05) is 37.6 Å². The third-order valence-corrected chi connectivity index (χ3v) is 4.18. The van der Waals surface area contributed by atoms with Gasteiger partial charge < -0.3 is 15.5 Å². The maximum atomic E-state index is 12.1. The zero-order chi connectivity index (χ0) is 15.2. The van der Waals surface area contributed by atoms with Gasteiger partial charge in [0.15, 0.2) is 0 Å². The molecule has 1 saturated heterocycles. The van der Waals surface area contributed by atoms with E-state index in [1.165, 1.54) is 0 Å². The molecule has 2 N–H and O–H groups in total. The maximum Gasteiger partial charge on any atom is 0.225 e. The Morgan fingerprint density at radius 3 is 2.52 bits per heavy atom. The number of rotatable bonds is 5. The van der Waals surface area contributed by atoms with Gasteiger partial charge in [-0.1, -0.05) is 6.92 Å². The number of nitrogens with two attached hydrogens (primary N) is 1. The van der Waals surface area contributed by atoms with Crippen LogP contribution in [0.25, 0.3) is 0 Å². The normalized spacial score (nSPS) is 16.9. The second kappa shape index (κ2) is 7.70. The van der Waals surface area contributed by atoms with Crippen molar-refractivity contribution in [1.82, 2.24) is 14.9 Å². The van der Waals surface area contributed by atoms with Crippen LogP contribution < -0.4 is 10.6 Å². The van der Waals surface area contributed by atoms with Crippen molar-refractivity contribution < 1.29 is 4.79 Å². The molecule has 0 bridgehead atoms. The second-order valence-corrected chi connectivity index (χ2v) is 6.36. The molecule has 6 nitrogen and oxygen atoms in total. The molecule has 1 aromatic heterocycles. The van der Waals surface area contributed by atoms with Crippen LogP contribution in [-0.2, 0) is 4.79 Å². The van der Waals surface area contributed by atoms with E-state index in [0.29, 0.717) is 18.9 Å². The van der Waals surface area contributed by atoms with E-state index in [1.807, 2.05) is 4.90 Å². The summed E-state index contributed by atoms with van der Waals surface area (Å²) in [5, 5.41) is 0. The average molecular weight is 356 g/mol. The predicted octanol–water partition coefficient (Wildman–Crippen LogP) is 1.26. The highest BCUT2D eigenvalue weighted by Gasteiger charge is 2.22. The van der Waals surface area contributed by atoms with E-state index in [9.17, 15) is 4.79 Å². The van der Waals surface area contributed by atoms with Crippen LogP contribution in [0, 0.1) is 5.92 Å². The van der Waals surface area contributed by atoms with Gasteiger partial charge in [0.1, 0.15) is 0 Å². The average Bonchev–Trinajstić information content (AvgIpc) is 2.53. The number of anilines is 1. The molecular weight excluding hydrogens is 334 g/mol. The summed E-state index contributed by atoms with van der Waals surface area (Å²) in [6.07, 6.45) is 4.95. The number of aromatic nitrogens is 2. The highest BCUT2D eigenvalue weighted by molar-refractivity contribution is 9.10. The molecule has 21 heavy (non-hydrogen) atoms. The van der Waals surface area contributed by atoms with Gasteiger partial charge in [-0.3, -0.25) is 4.79 Å². The lowest BCUT2D eigenvalue weighted by molar-refractivity contribution is -0.131. The van der Waals surface area contributed by atoms with Gasteiger partial charge in [-0.15, -0.1) is 0 Å². The number of hydrogen-bond donors (Lipinski definition) is 1. The van der Waals surface area contributed by atoms with Gasteiger partial charge >= 0.3 is 0 Å². The molecule has 0 saturated carbocycles. The van der Waals surface area contributed by atoms with E-state index < -0.39 is 0 Å². The van der Waals surface area contributed by atoms with Crippen molar-refractivity contribution >= 4 is 27.8 Å². The van der Waals surface area contributed by atoms with Crippen LogP contribution in [0.5, 0.6) is 0 Å². The van der Waals surface area contributed by atoms with Crippen LogP contribution in [0.3, 0.4) is 0 Å². The Morgan fingerprint density at radius 1 is 1.33 bits per heavy atom. The van der Waals surface area contributed by atoms with E-state index in [0.717, 1.165) is 43.0 Å². The van der Waals surface area contributed by atoms with Crippen molar-refractivity contribution in [1.29, 1.82) is 0 Å². The Morgan fingerprint density at radius 2 is 1.95 bits per heavy atom. The fourth-order valence-electron chi connectivity index (χ4n) is 2.27. The lowest BCUT2D eigenvalue weighted by Gasteiger charge is -2.34. The van der Waals surface area contributed by atoms with Crippen LogP contribution in [-0.4, -0.2) is 53.5 Å². The van der Waals surface area contributed by atoms with Crippen LogP contribution in [0.1, 0.15) is 19.8 Å². The molecule has 2 rings (SSSR count). The standard InChI is InChI=1S/C14H22BrN5O/c1-11(8-16)2-3-13(21)19-4-6-20(7-5-19)14-17-9-12(15)10-18-14/h9-11H,2-8,16H2,1H3. The Labute approximate surface area is 133 Å². The fourth-order valence-corrected chi connectivity index (χ4v) is 2.48. The molecule has 0 aliphatic carbocycles. The molecule has 1 atom stereocenters. The minimum atomic E-state index is 0.228. The van der Waals surface area contributed by atoms with Crippen LogP contribution in [0.4, 0.5) is 5.95 Å². The molecule has 1 unspecified atom stereocenters. The quantitative estimate of drug-likeness (QED) is 0.860. The molecule has 1 aliphatic heterocycles. The van der Waals surface area contributed by atoms with Gasteiger partial charge in [0.25, 0.3) is 0 Å². The van der Waals surface area contributed by atoms with E-state index in [-0.39, 0.29) is 5.91 Å². The number of hydrogen-bond acceptors (Lipinski definition) is 5. The smallest absolute Gasteiger partial charge is 0.225 e. The zero-order valence-electron chi connectivity index (χ0n) is 12.3. The number of piperazine rings is 1. The third-order valence-electron chi connectivity index (χ3n) is 3.78. The molecule has 0 spiro atoms. The number of halogens is 1. The number of amides is 1. The topological polar surface area (TPSA) is 75.4 Å². The summed E-state index contributed by atoms with van der Waals surface area (Å²) in [5.74, 6) is 1.36. The molecule has 1 amide bonds. The lowest BCUT2D eigenvalue weighted by Crippen LogP contribution is -2.49. The van der Waals surface area contributed by atoms with Crippen LogP contribution >= 0.6 is 15.9 Å². The molecule has 1 fully saturated rings. The van der Waals surface area contributed by atoms with Gasteiger partial charge in [-0.25, -0.2) is 9.97 Å². The highest BCUT2D eigenvalue weighted by Crippen LogP contribution is 2.14. The maximum absolute atomic E-state index is 12.1. The summed E-state index contributed by atoms with van der Waals surface area (Å²) in [6.45, 7) is 5.74. The van der Waals surface area contributed by atoms with Gasteiger partial charge in [-0.05, 0) is 34.8 Å². The summed E-state index contributed by atoms with van der Waals surface area (Å²) in [6, 6.07) is 0. The number of carbonyl (C=O) groups is 1. The molecule has 7 heteroatoms. The molecule has 116 valence electrons. The minimum Gasteiger partial charge on any atom is -0.339 e. The molecule has 1 aromatic rings. The van der Waals surface area contributed by atoms with Gasteiger partial charge in [0.2, 0.25) is 11.9 Å². The molecule has 2 heterocycles. The SMILES string of the molecule is CC(CN)CCC(=O)N1CCN(c2ncc(Br)cn2)CC1. The third kappa shape index (κ3) is 4.64. The van der Waals surface area contributed by atoms with E-state index >= 15 is 0 Å². The van der Waals surface area contributed by atoms with Crippen molar-refractivity contribution in [2.24, 2.45) is 11.7 Å². The van der Waals surface area contributed by atoms with Crippen LogP contribution in [0.15, 0.2) is 16.9 Å². The summed E-state index contributed by atoms with van der Waals surface area (Å²) in [5.41, 5.74) is 5.58. The first-order chi connectivity index (χ1) is 10.1. The van der Waals surface area contributed by atoms with Gasteiger partial charge in [0.05, 0.1) is 4.47 Å². The first kappa shape index (κ1) is 16.2. The molecule has 1 aliphatic rings. The fraction of sp³-hybridized carbons (Fsp3) is 0.643. The predicted molar refractivity (Wildman–Crippen MR) is 86.0 cm³/mol. The number of nitrogens with zero attached hydrogens (tertiary/aromatic N) is 4. The van der Waals surface area contributed by atoms with Crippen LogP contribution in [0.2, 0.25) is 0 Å². The monoisotopic (exact) mass is 355 g/mol. The van der Waals surface area contributed by atoms with E-state index in [2.05, 4.69) is 37.7 Å². The molecule has 0 radical (unpaired) electrons. The van der Waals surface area contributed by atoms with E-state index in [1.54, 1.807) is 12.4 Å². The number of carbonyl (C=O) groups excluding carboxylic acids is 1. The first-order valence-corrected chi connectivity index (χ1v) is 8.09.